The maximum absolute atomic E-state index is 12.2. The van der Waals surface area contributed by atoms with Crippen molar-refractivity contribution >= 4 is 49.7 Å². The Bertz CT molecular complexity index is 896. The SMILES string of the molecule is CS(=O)(=O)c1cccc(C(=O)Nc2ccc([N+](=O)[O-])c(I)c2)c1. The summed E-state index contributed by atoms with van der Waals surface area (Å²) in [4.78, 5) is 22.5. The first-order valence-corrected chi connectivity index (χ1v) is 9.21. The molecular formula is C14H11IN2O5S. The van der Waals surface area contributed by atoms with Crippen LogP contribution < -0.4 is 5.32 Å². The van der Waals surface area contributed by atoms with Gasteiger partial charge in [-0.1, -0.05) is 6.07 Å². The Morgan fingerprint density at radius 1 is 1.22 bits per heavy atom. The highest BCUT2D eigenvalue weighted by atomic mass is 127. The summed E-state index contributed by atoms with van der Waals surface area (Å²) in [5.41, 5.74) is 0.513. The minimum atomic E-state index is -3.41. The van der Waals surface area contributed by atoms with Crippen LogP contribution in [0.2, 0.25) is 0 Å². The first kappa shape index (κ1) is 17.3. The molecule has 0 fully saturated rings. The molecule has 2 aromatic carbocycles. The smallest absolute Gasteiger partial charge is 0.282 e. The first-order chi connectivity index (χ1) is 10.7. The molecule has 120 valence electrons. The van der Waals surface area contributed by atoms with Crippen molar-refractivity contribution in [3.8, 4) is 0 Å². The van der Waals surface area contributed by atoms with Gasteiger partial charge >= 0.3 is 0 Å². The summed E-state index contributed by atoms with van der Waals surface area (Å²) >= 11 is 1.81. The zero-order valence-electron chi connectivity index (χ0n) is 11.8. The predicted octanol–water partition coefficient (Wildman–Crippen LogP) is 2.86. The zero-order chi connectivity index (χ0) is 17.2. The quantitative estimate of drug-likeness (QED) is 0.442. The van der Waals surface area contributed by atoms with Crippen LogP contribution in [0.4, 0.5) is 11.4 Å². The number of sulfone groups is 1. The number of nitrogens with zero attached hydrogens (tertiary/aromatic N) is 1. The lowest BCUT2D eigenvalue weighted by molar-refractivity contribution is -0.385. The van der Waals surface area contributed by atoms with E-state index in [-0.39, 0.29) is 16.1 Å². The molecule has 0 atom stereocenters. The van der Waals surface area contributed by atoms with Crippen molar-refractivity contribution in [3.63, 3.8) is 0 Å². The van der Waals surface area contributed by atoms with Crippen LogP contribution in [-0.2, 0) is 9.84 Å². The van der Waals surface area contributed by atoms with Crippen molar-refractivity contribution in [2.45, 2.75) is 4.90 Å². The lowest BCUT2D eigenvalue weighted by atomic mass is 10.2. The molecule has 2 aromatic rings. The minimum Gasteiger partial charge on any atom is -0.322 e. The molecule has 1 N–H and O–H groups in total. The van der Waals surface area contributed by atoms with E-state index in [0.717, 1.165) is 6.26 Å². The van der Waals surface area contributed by atoms with Gasteiger partial charge in [-0.15, -0.1) is 0 Å². The van der Waals surface area contributed by atoms with Gasteiger partial charge in [0.15, 0.2) is 9.84 Å². The van der Waals surface area contributed by atoms with E-state index in [1.165, 1.54) is 42.5 Å². The van der Waals surface area contributed by atoms with Crippen LogP contribution in [0.1, 0.15) is 10.4 Å². The van der Waals surface area contributed by atoms with Crippen molar-refractivity contribution in [2.75, 3.05) is 11.6 Å². The standard InChI is InChI=1S/C14H11IN2O5S/c1-23(21,22)11-4-2-3-9(7-11)14(18)16-10-5-6-13(17(19)20)12(15)8-10/h2-8H,1H3,(H,16,18). The summed E-state index contributed by atoms with van der Waals surface area (Å²) in [6, 6.07) is 9.83. The molecule has 9 heteroatoms. The zero-order valence-corrected chi connectivity index (χ0v) is 14.8. The highest BCUT2D eigenvalue weighted by Gasteiger charge is 2.15. The number of hydrogen-bond donors (Lipinski definition) is 1. The van der Waals surface area contributed by atoms with Crippen molar-refractivity contribution in [2.24, 2.45) is 0 Å². The fourth-order valence-corrected chi connectivity index (χ4v) is 3.18. The van der Waals surface area contributed by atoms with Gasteiger partial charge in [-0.05, 0) is 52.9 Å². The number of nitro benzene ring substituents is 1. The molecule has 0 unspecified atom stereocenters. The highest BCUT2D eigenvalue weighted by Crippen LogP contribution is 2.24. The van der Waals surface area contributed by atoms with Gasteiger partial charge in [0.05, 0.1) is 13.4 Å². The number of amides is 1. The maximum Gasteiger partial charge on any atom is 0.282 e. The summed E-state index contributed by atoms with van der Waals surface area (Å²) in [7, 11) is -3.41. The van der Waals surface area contributed by atoms with Crippen LogP contribution in [0.5, 0.6) is 0 Å². The van der Waals surface area contributed by atoms with Gasteiger partial charge in [-0.2, -0.15) is 0 Å². The average molecular weight is 446 g/mol. The van der Waals surface area contributed by atoms with E-state index in [4.69, 9.17) is 0 Å². The normalized spacial score (nSPS) is 11.0. The van der Waals surface area contributed by atoms with Gasteiger partial charge in [0.25, 0.3) is 11.6 Å². The van der Waals surface area contributed by atoms with E-state index in [1.54, 1.807) is 22.6 Å². The highest BCUT2D eigenvalue weighted by molar-refractivity contribution is 14.1. The second-order valence-corrected chi connectivity index (χ2v) is 7.86. The Morgan fingerprint density at radius 2 is 1.91 bits per heavy atom. The number of anilines is 1. The fraction of sp³-hybridized carbons (Fsp3) is 0.0714. The first-order valence-electron chi connectivity index (χ1n) is 6.24. The molecular weight excluding hydrogens is 435 g/mol. The number of nitrogens with one attached hydrogen (secondary N) is 1. The Morgan fingerprint density at radius 3 is 2.48 bits per heavy atom. The molecule has 0 radical (unpaired) electrons. The monoisotopic (exact) mass is 446 g/mol. The molecule has 2 rings (SSSR count). The molecule has 0 saturated heterocycles. The molecule has 0 saturated carbocycles. The molecule has 23 heavy (non-hydrogen) atoms. The summed E-state index contributed by atoms with van der Waals surface area (Å²) in [5, 5.41) is 13.3. The molecule has 7 nitrogen and oxygen atoms in total. The van der Waals surface area contributed by atoms with E-state index in [1.807, 2.05) is 0 Å². The van der Waals surface area contributed by atoms with Gasteiger partial charge in [-0.3, -0.25) is 14.9 Å². The summed E-state index contributed by atoms with van der Waals surface area (Å²) in [6.07, 6.45) is 1.06. The number of carbonyl (C=O) groups excluding carboxylic acids is 1. The van der Waals surface area contributed by atoms with Gasteiger partial charge in [0.1, 0.15) is 0 Å². The molecule has 0 bridgehead atoms. The summed E-state index contributed by atoms with van der Waals surface area (Å²) in [5.74, 6) is -0.500. The second kappa shape index (κ2) is 6.62. The maximum atomic E-state index is 12.2. The van der Waals surface area contributed by atoms with Crippen LogP contribution >= 0.6 is 22.6 Å². The predicted molar refractivity (Wildman–Crippen MR) is 93.3 cm³/mol. The topological polar surface area (TPSA) is 106 Å². The van der Waals surface area contributed by atoms with Crippen LogP contribution in [0, 0.1) is 13.7 Å². The molecule has 0 spiro atoms. The van der Waals surface area contributed by atoms with Crippen LogP contribution in [0.15, 0.2) is 47.4 Å². The van der Waals surface area contributed by atoms with Crippen LogP contribution in [0.25, 0.3) is 0 Å². The number of halogens is 1. The number of carbonyl (C=O) groups is 1. The van der Waals surface area contributed by atoms with E-state index in [2.05, 4.69) is 5.32 Å². The third-order valence-corrected chi connectivity index (χ3v) is 4.90. The number of rotatable bonds is 4. The summed E-state index contributed by atoms with van der Waals surface area (Å²) in [6.45, 7) is 0. The lowest BCUT2D eigenvalue weighted by Gasteiger charge is -2.07. The molecule has 0 aliphatic carbocycles. The Balaban J connectivity index is 2.26. The van der Waals surface area contributed by atoms with E-state index in [0.29, 0.717) is 9.26 Å². The van der Waals surface area contributed by atoms with Gasteiger partial charge in [0.2, 0.25) is 0 Å². The van der Waals surface area contributed by atoms with Gasteiger partial charge in [-0.25, -0.2) is 8.42 Å². The second-order valence-electron chi connectivity index (χ2n) is 4.68. The minimum absolute atomic E-state index is 0.0448. The third kappa shape index (κ3) is 4.26. The third-order valence-electron chi connectivity index (χ3n) is 2.93. The average Bonchev–Trinajstić information content (AvgIpc) is 2.46. The molecule has 0 aliphatic rings. The van der Waals surface area contributed by atoms with Crippen LogP contribution in [-0.4, -0.2) is 25.5 Å². The van der Waals surface area contributed by atoms with E-state index < -0.39 is 20.7 Å². The van der Waals surface area contributed by atoms with Crippen molar-refractivity contribution < 1.29 is 18.1 Å². The largest absolute Gasteiger partial charge is 0.322 e. The Kier molecular flexibility index (Phi) is 5.00. The van der Waals surface area contributed by atoms with Crippen molar-refractivity contribution in [3.05, 3.63) is 61.7 Å². The van der Waals surface area contributed by atoms with E-state index >= 15 is 0 Å². The van der Waals surface area contributed by atoms with Gasteiger partial charge in [0, 0.05) is 23.6 Å². The van der Waals surface area contributed by atoms with Crippen LogP contribution in [0.3, 0.4) is 0 Å². The number of hydrogen-bond acceptors (Lipinski definition) is 5. The summed E-state index contributed by atoms with van der Waals surface area (Å²) < 4.78 is 23.4. The lowest BCUT2D eigenvalue weighted by Crippen LogP contribution is -2.13. The van der Waals surface area contributed by atoms with E-state index in [9.17, 15) is 23.3 Å². The molecule has 1 amide bonds. The Labute approximate surface area is 145 Å². The Hall–Kier alpha value is -2.01. The fourth-order valence-electron chi connectivity index (χ4n) is 1.80. The molecule has 0 heterocycles. The van der Waals surface area contributed by atoms with Crippen molar-refractivity contribution in [1.82, 2.24) is 0 Å². The number of nitro groups is 1. The molecule has 0 aliphatic heterocycles. The molecule has 0 aromatic heterocycles. The number of benzene rings is 2. The van der Waals surface area contributed by atoms with Crippen molar-refractivity contribution in [1.29, 1.82) is 0 Å². The van der Waals surface area contributed by atoms with Gasteiger partial charge < -0.3 is 5.32 Å².